The Morgan fingerprint density at radius 1 is 1.38 bits per heavy atom. The zero-order valence-electron chi connectivity index (χ0n) is 12.1. The highest BCUT2D eigenvalue weighted by Gasteiger charge is 2.09. The van der Waals surface area contributed by atoms with Gasteiger partial charge in [0.25, 0.3) is 5.91 Å². The van der Waals surface area contributed by atoms with Gasteiger partial charge in [-0.3, -0.25) is 9.00 Å². The monoisotopic (exact) mass is 309 g/mol. The Hall–Kier alpha value is -1.95. The number of carbonyl (C=O) groups excluding carboxylic acids is 1. The van der Waals surface area contributed by atoms with Crippen LogP contribution in [0.1, 0.15) is 28.4 Å². The van der Waals surface area contributed by atoms with Gasteiger partial charge in [-0.1, -0.05) is 19.1 Å². The molecule has 0 radical (unpaired) electrons. The summed E-state index contributed by atoms with van der Waals surface area (Å²) in [6.07, 6.45) is 2.46. The van der Waals surface area contributed by atoms with Crippen LogP contribution < -0.4 is 5.32 Å². The van der Waals surface area contributed by atoms with Gasteiger partial charge in [0.05, 0.1) is 0 Å². The Kier molecular flexibility index (Phi) is 6.81. The first-order chi connectivity index (χ1) is 9.93. The van der Waals surface area contributed by atoms with E-state index in [2.05, 4.69) is 5.32 Å². The van der Waals surface area contributed by atoms with E-state index in [-0.39, 0.29) is 5.91 Å². The van der Waals surface area contributed by atoms with Gasteiger partial charge in [0.1, 0.15) is 0 Å². The van der Waals surface area contributed by atoms with Crippen molar-refractivity contribution < 1.29 is 18.9 Å². The molecule has 6 heteroatoms. The van der Waals surface area contributed by atoms with Crippen molar-refractivity contribution in [2.75, 3.05) is 18.1 Å². The van der Waals surface area contributed by atoms with Crippen molar-refractivity contribution in [3.05, 3.63) is 41.0 Å². The zero-order chi connectivity index (χ0) is 15.8. The Morgan fingerprint density at radius 3 is 2.71 bits per heavy atom. The van der Waals surface area contributed by atoms with E-state index in [0.29, 0.717) is 29.2 Å². The van der Waals surface area contributed by atoms with Crippen LogP contribution >= 0.6 is 0 Å². The first-order valence-electron chi connectivity index (χ1n) is 6.59. The molecule has 0 spiro atoms. The number of carboxylic acids is 1. The summed E-state index contributed by atoms with van der Waals surface area (Å²) in [6, 6.07) is 5.15. The minimum Gasteiger partial charge on any atom is -0.478 e. The molecule has 1 atom stereocenters. The fraction of sp³-hybridized carbons (Fsp3) is 0.333. The van der Waals surface area contributed by atoms with Crippen LogP contribution in [0.25, 0.3) is 6.08 Å². The maximum Gasteiger partial charge on any atom is 0.328 e. The molecule has 0 saturated carbocycles. The van der Waals surface area contributed by atoms with Crippen LogP contribution in [0.4, 0.5) is 0 Å². The molecule has 0 aliphatic rings. The summed E-state index contributed by atoms with van der Waals surface area (Å²) in [5.41, 5.74) is 1.94. The molecule has 0 bridgehead atoms. The van der Waals surface area contributed by atoms with Gasteiger partial charge in [0.15, 0.2) is 0 Å². The van der Waals surface area contributed by atoms with Crippen LogP contribution in [0.5, 0.6) is 0 Å². The molecule has 0 aliphatic carbocycles. The molecule has 0 saturated heterocycles. The second-order valence-electron chi connectivity index (χ2n) is 4.43. The van der Waals surface area contributed by atoms with Gasteiger partial charge in [-0.05, 0) is 30.2 Å². The van der Waals surface area contributed by atoms with Crippen molar-refractivity contribution in [2.45, 2.75) is 13.8 Å². The minimum absolute atomic E-state index is 0.244. The first kappa shape index (κ1) is 17.1. The second-order valence-corrected chi connectivity index (χ2v) is 6.30. The molecule has 1 aromatic rings. The summed E-state index contributed by atoms with van der Waals surface area (Å²) in [6.45, 7) is 4.00. The van der Waals surface area contributed by atoms with E-state index < -0.39 is 16.8 Å². The SMILES string of the molecule is CCS(=O)CCNC(=O)c1cc(/C=C/C(=O)O)ccc1C. The van der Waals surface area contributed by atoms with Crippen molar-refractivity contribution >= 4 is 28.8 Å². The molecular weight excluding hydrogens is 290 g/mol. The number of benzene rings is 1. The second kappa shape index (κ2) is 8.36. The maximum atomic E-state index is 12.1. The van der Waals surface area contributed by atoms with Crippen molar-refractivity contribution in [1.29, 1.82) is 0 Å². The normalized spacial score (nSPS) is 12.3. The van der Waals surface area contributed by atoms with Gasteiger partial charge in [-0.15, -0.1) is 0 Å². The van der Waals surface area contributed by atoms with Crippen LogP contribution in [0.3, 0.4) is 0 Å². The summed E-state index contributed by atoms with van der Waals surface area (Å²) >= 11 is 0. The summed E-state index contributed by atoms with van der Waals surface area (Å²) < 4.78 is 11.3. The molecule has 0 aliphatic heterocycles. The summed E-state index contributed by atoms with van der Waals surface area (Å²) in [5.74, 6) is -0.278. The van der Waals surface area contributed by atoms with Crippen molar-refractivity contribution in [2.24, 2.45) is 0 Å². The van der Waals surface area contributed by atoms with E-state index in [1.807, 2.05) is 13.8 Å². The highest BCUT2D eigenvalue weighted by molar-refractivity contribution is 7.84. The van der Waals surface area contributed by atoms with Crippen molar-refractivity contribution in [3.63, 3.8) is 0 Å². The Balaban J connectivity index is 2.76. The predicted octanol–water partition coefficient (Wildman–Crippen LogP) is 1.59. The average molecular weight is 309 g/mol. The fourth-order valence-corrected chi connectivity index (χ4v) is 2.29. The maximum absolute atomic E-state index is 12.1. The van der Waals surface area contributed by atoms with Crippen LogP contribution in [0, 0.1) is 6.92 Å². The molecule has 21 heavy (non-hydrogen) atoms. The van der Waals surface area contributed by atoms with Crippen LogP contribution in [0.2, 0.25) is 0 Å². The minimum atomic E-state index is -1.04. The lowest BCUT2D eigenvalue weighted by molar-refractivity contribution is -0.131. The largest absolute Gasteiger partial charge is 0.478 e. The fourth-order valence-electron chi connectivity index (χ4n) is 1.67. The van der Waals surface area contributed by atoms with E-state index in [9.17, 15) is 13.8 Å². The lowest BCUT2D eigenvalue weighted by atomic mass is 10.0. The quantitative estimate of drug-likeness (QED) is 0.749. The third-order valence-corrected chi connectivity index (χ3v) is 4.17. The summed E-state index contributed by atoms with van der Waals surface area (Å²) in [4.78, 5) is 22.6. The molecule has 0 fully saturated rings. The van der Waals surface area contributed by atoms with E-state index in [4.69, 9.17) is 5.11 Å². The molecular formula is C15H19NO4S. The zero-order valence-corrected chi connectivity index (χ0v) is 12.9. The topological polar surface area (TPSA) is 83.5 Å². The Labute approximate surface area is 126 Å². The number of carboxylic acid groups (broad SMARTS) is 1. The van der Waals surface area contributed by atoms with E-state index in [0.717, 1.165) is 11.6 Å². The molecule has 0 aromatic heterocycles. The van der Waals surface area contributed by atoms with Crippen LogP contribution in [0.15, 0.2) is 24.3 Å². The van der Waals surface area contributed by atoms with Gasteiger partial charge in [-0.2, -0.15) is 0 Å². The van der Waals surface area contributed by atoms with Gasteiger partial charge >= 0.3 is 5.97 Å². The lowest BCUT2D eigenvalue weighted by Gasteiger charge is -2.08. The number of hydrogen-bond donors (Lipinski definition) is 2. The third-order valence-electron chi connectivity index (χ3n) is 2.86. The molecule has 114 valence electrons. The first-order valence-corrected chi connectivity index (χ1v) is 8.07. The molecule has 1 unspecified atom stereocenters. The van der Waals surface area contributed by atoms with Crippen molar-refractivity contribution in [1.82, 2.24) is 5.32 Å². The highest BCUT2D eigenvalue weighted by atomic mass is 32.2. The molecule has 1 amide bonds. The number of rotatable bonds is 7. The molecule has 0 heterocycles. The number of aliphatic carboxylic acids is 1. The van der Waals surface area contributed by atoms with E-state index >= 15 is 0 Å². The predicted molar refractivity (Wildman–Crippen MR) is 83.7 cm³/mol. The van der Waals surface area contributed by atoms with Gasteiger partial charge < -0.3 is 10.4 Å². The van der Waals surface area contributed by atoms with Gasteiger partial charge in [0, 0.05) is 40.5 Å². The van der Waals surface area contributed by atoms with Gasteiger partial charge in [0.2, 0.25) is 0 Å². The van der Waals surface area contributed by atoms with Gasteiger partial charge in [-0.25, -0.2) is 4.79 Å². The number of aryl methyl sites for hydroxylation is 1. The Bertz CT molecular complexity index is 581. The van der Waals surface area contributed by atoms with E-state index in [1.165, 1.54) is 6.08 Å². The van der Waals surface area contributed by atoms with Crippen LogP contribution in [-0.2, 0) is 15.6 Å². The smallest absolute Gasteiger partial charge is 0.328 e. The number of carbonyl (C=O) groups is 2. The summed E-state index contributed by atoms with van der Waals surface area (Å²) in [7, 11) is -0.909. The average Bonchev–Trinajstić information content (AvgIpc) is 2.45. The number of nitrogens with one attached hydrogen (secondary N) is 1. The van der Waals surface area contributed by atoms with Crippen molar-refractivity contribution in [3.8, 4) is 0 Å². The molecule has 5 nitrogen and oxygen atoms in total. The molecule has 2 N–H and O–H groups in total. The molecule has 1 rings (SSSR count). The lowest BCUT2D eigenvalue weighted by Crippen LogP contribution is -2.28. The molecule has 1 aromatic carbocycles. The number of amides is 1. The Morgan fingerprint density at radius 2 is 2.10 bits per heavy atom. The standard InChI is InChI=1S/C15H19NO4S/c1-3-21(20)9-8-16-15(19)13-10-12(5-4-11(13)2)6-7-14(17)18/h4-7,10H,3,8-9H2,1-2H3,(H,16,19)(H,17,18)/b7-6+. The third kappa shape index (κ3) is 5.91. The highest BCUT2D eigenvalue weighted by Crippen LogP contribution is 2.12. The number of hydrogen-bond acceptors (Lipinski definition) is 3. The summed E-state index contributed by atoms with van der Waals surface area (Å²) in [5, 5.41) is 11.3. The van der Waals surface area contributed by atoms with Crippen LogP contribution in [-0.4, -0.2) is 39.2 Å². The van der Waals surface area contributed by atoms with E-state index in [1.54, 1.807) is 18.2 Å².